The van der Waals surface area contributed by atoms with Gasteiger partial charge in [-0.3, -0.25) is 9.59 Å². The summed E-state index contributed by atoms with van der Waals surface area (Å²) in [4.78, 5) is 28.8. The number of hydrogen-bond acceptors (Lipinski definition) is 7. The molecule has 0 aliphatic carbocycles. The van der Waals surface area contributed by atoms with Crippen molar-refractivity contribution in [2.45, 2.75) is 38.6 Å². The van der Waals surface area contributed by atoms with Gasteiger partial charge in [0.05, 0.1) is 12.6 Å². The average molecular weight is 630 g/mol. The molecule has 9 heteroatoms. The van der Waals surface area contributed by atoms with Crippen LogP contribution in [-0.2, 0) is 17.6 Å². The topological polar surface area (TPSA) is 114 Å². The van der Waals surface area contributed by atoms with E-state index in [0.717, 1.165) is 27.8 Å². The smallest absolute Gasteiger partial charge is 0.260 e. The number of hydrogen-bond donors (Lipinski definition) is 2. The Labute approximate surface area is 272 Å². The van der Waals surface area contributed by atoms with Crippen molar-refractivity contribution >= 4 is 11.8 Å². The van der Waals surface area contributed by atoms with Crippen LogP contribution in [0, 0.1) is 6.92 Å². The molecule has 6 heterocycles. The molecule has 0 fully saturated rings. The number of nitrogens with one attached hydrogen (secondary N) is 1. The Morgan fingerprint density at radius 1 is 0.936 bits per heavy atom. The second-order valence-corrected chi connectivity index (χ2v) is 11.9. The molecule has 2 N–H and O–H groups in total. The van der Waals surface area contributed by atoms with Gasteiger partial charge in [-0.25, -0.2) is 0 Å². The number of carbonyl (C=O) groups is 2. The number of phenolic OH excluding ortho intramolecular Hbond substituents is 1. The number of rotatable bonds is 2. The van der Waals surface area contributed by atoms with E-state index < -0.39 is 6.04 Å². The number of carbonyl (C=O) groups excluding carboxylic acids is 2. The molecule has 5 aliphatic rings. The van der Waals surface area contributed by atoms with Crippen LogP contribution < -0.4 is 14.8 Å². The summed E-state index contributed by atoms with van der Waals surface area (Å²) < 4.78 is 17.8. The lowest BCUT2D eigenvalue weighted by Gasteiger charge is -2.38. The summed E-state index contributed by atoms with van der Waals surface area (Å²) in [6.45, 7) is 3.18. The van der Waals surface area contributed by atoms with Crippen molar-refractivity contribution in [3.8, 4) is 34.3 Å². The standard InChI is InChI=1S/C38H35N3O6/c1-24-35(36(40-47-24)26-6-3-2-4-7-26)38(44)41-20-18-28-23-30-14-15-31(28)37(41)27-10-12-29(13-11-27)45-21-5-19-39-34(43)17-9-25-8-16-32(42)33(22-25)46-30/h2-4,6-8,10-16,22-23,37,42H,5,9,17-21H2,1H3,(H,39,43). The predicted octanol–water partition coefficient (Wildman–Crippen LogP) is 6.77. The zero-order valence-corrected chi connectivity index (χ0v) is 26.1. The van der Waals surface area contributed by atoms with Crippen LogP contribution >= 0.6 is 0 Å². The van der Waals surface area contributed by atoms with Gasteiger partial charge in [0.25, 0.3) is 5.91 Å². The molecule has 47 heavy (non-hydrogen) atoms. The Kier molecular flexibility index (Phi) is 8.35. The fraction of sp³-hybridized carbons (Fsp3) is 0.237. The van der Waals surface area contributed by atoms with Gasteiger partial charge in [0.15, 0.2) is 11.5 Å². The molecule has 2 amide bonds. The number of phenols is 1. The first kappa shape index (κ1) is 30.1. The monoisotopic (exact) mass is 629 g/mol. The molecule has 1 unspecified atom stereocenters. The third-order valence-electron chi connectivity index (χ3n) is 8.73. The lowest BCUT2D eigenvalue weighted by Crippen LogP contribution is -2.41. The van der Waals surface area contributed by atoms with Crippen molar-refractivity contribution in [1.82, 2.24) is 15.4 Å². The van der Waals surface area contributed by atoms with Gasteiger partial charge in [-0.2, -0.15) is 0 Å². The number of nitrogens with zero attached hydrogens (tertiary/aromatic N) is 2. The molecule has 1 aromatic heterocycles. The van der Waals surface area contributed by atoms with E-state index in [2.05, 4.69) is 10.5 Å². The second-order valence-electron chi connectivity index (χ2n) is 11.9. The summed E-state index contributed by atoms with van der Waals surface area (Å²) in [5.41, 5.74) is 5.62. The first-order valence-electron chi connectivity index (χ1n) is 15.9. The highest BCUT2D eigenvalue weighted by Gasteiger charge is 2.36. The van der Waals surface area contributed by atoms with Gasteiger partial charge in [-0.1, -0.05) is 59.8 Å². The maximum Gasteiger partial charge on any atom is 0.260 e. The number of aryl methyl sites for hydroxylation is 2. The fourth-order valence-corrected chi connectivity index (χ4v) is 6.31. The van der Waals surface area contributed by atoms with E-state index in [0.29, 0.717) is 79.6 Å². The summed E-state index contributed by atoms with van der Waals surface area (Å²) in [5, 5.41) is 17.8. The number of ether oxygens (including phenoxy) is 2. The number of aromatic nitrogens is 1. The Bertz CT molecular complexity index is 1920. The predicted molar refractivity (Wildman–Crippen MR) is 176 cm³/mol. The van der Waals surface area contributed by atoms with Crippen LogP contribution in [0.25, 0.3) is 11.3 Å². The number of benzene rings is 4. The molecule has 5 aliphatic heterocycles. The average Bonchev–Trinajstić information content (AvgIpc) is 3.49. The van der Waals surface area contributed by atoms with E-state index in [1.54, 1.807) is 25.1 Å². The minimum atomic E-state index is -0.395. The second kappa shape index (κ2) is 13.0. The third kappa shape index (κ3) is 6.29. The highest BCUT2D eigenvalue weighted by molar-refractivity contribution is 6.01. The van der Waals surface area contributed by atoms with Crippen molar-refractivity contribution < 1.29 is 28.7 Å². The van der Waals surface area contributed by atoms with Gasteiger partial charge < -0.3 is 29.3 Å². The molecule has 0 radical (unpaired) electrons. The summed E-state index contributed by atoms with van der Waals surface area (Å²) >= 11 is 0. The first-order chi connectivity index (χ1) is 22.9. The molecule has 0 saturated carbocycles. The molecule has 10 rings (SSSR count). The van der Waals surface area contributed by atoms with Crippen LogP contribution in [0.4, 0.5) is 0 Å². The van der Waals surface area contributed by atoms with Crippen LogP contribution in [0.15, 0.2) is 95.5 Å². The van der Waals surface area contributed by atoms with Gasteiger partial charge >= 0.3 is 0 Å². The minimum absolute atomic E-state index is 0.0161. The maximum atomic E-state index is 14.5. The van der Waals surface area contributed by atoms with E-state index in [4.69, 9.17) is 14.0 Å². The normalized spacial score (nSPS) is 16.5. The summed E-state index contributed by atoms with van der Waals surface area (Å²) in [7, 11) is 0. The molecule has 238 valence electrons. The molecule has 9 nitrogen and oxygen atoms in total. The molecule has 4 aromatic carbocycles. The van der Waals surface area contributed by atoms with Crippen LogP contribution in [0.2, 0.25) is 0 Å². The summed E-state index contributed by atoms with van der Waals surface area (Å²) in [6.07, 6.45) is 2.09. The van der Waals surface area contributed by atoms with Crippen LogP contribution in [0.3, 0.4) is 0 Å². The third-order valence-corrected chi connectivity index (χ3v) is 8.73. The van der Waals surface area contributed by atoms with Crippen LogP contribution in [-0.4, -0.2) is 46.7 Å². The molecular formula is C38H35N3O6. The molecule has 8 bridgehead atoms. The van der Waals surface area contributed by atoms with Gasteiger partial charge in [0.2, 0.25) is 5.91 Å². The van der Waals surface area contributed by atoms with Gasteiger partial charge in [0.1, 0.15) is 28.5 Å². The fourth-order valence-electron chi connectivity index (χ4n) is 6.31. The zero-order valence-electron chi connectivity index (χ0n) is 26.1. The summed E-state index contributed by atoms with van der Waals surface area (Å²) in [6, 6.07) is 28.0. The summed E-state index contributed by atoms with van der Waals surface area (Å²) in [5.74, 6) is 1.88. The van der Waals surface area contributed by atoms with Crippen molar-refractivity contribution in [2.75, 3.05) is 19.7 Å². The van der Waals surface area contributed by atoms with Gasteiger partial charge in [0, 0.05) is 25.1 Å². The van der Waals surface area contributed by atoms with E-state index in [1.165, 1.54) is 0 Å². The molecule has 0 spiro atoms. The van der Waals surface area contributed by atoms with E-state index >= 15 is 0 Å². The Hall–Kier alpha value is -5.57. The van der Waals surface area contributed by atoms with E-state index in [1.807, 2.05) is 77.7 Å². The largest absolute Gasteiger partial charge is 0.504 e. The lowest BCUT2D eigenvalue weighted by atomic mass is 9.87. The first-order valence-corrected chi connectivity index (χ1v) is 15.9. The molecular weight excluding hydrogens is 594 g/mol. The van der Waals surface area contributed by atoms with Crippen molar-refractivity contribution in [1.29, 1.82) is 0 Å². The lowest BCUT2D eigenvalue weighted by molar-refractivity contribution is -0.121. The molecule has 5 aromatic rings. The van der Waals surface area contributed by atoms with Crippen LogP contribution in [0.1, 0.15) is 57.3 Å². The van der Waals surface area contributed by atoms with E-state index in [-0.39, 0.29) is 17.6 Å². The Morgan fingerprint density at radius 3 is 2.57 bits per heavy atom. The maximum absolute atomic E-state index is 14.5. The van der Waals surface area contributed by atoms with Gasteiger partial charge in [-0.05, 0) is 84.8 Å². The molecule has 0 saturated heterocycles. The Balaban J connectivity index is 1.28. The number of amides is 2. The Morgan fingerprint density at radius 2 is 1.74 bits per heavy atom. The number of aromatic hydroxyl groups is 1. The van der Waals surface area contributed by atoms with E-state index in [9.17, 15) is 14.7 Å². The van der Waals surface area contributed by atoms with Crippen molar-refractivity contribution in [3.63, 3.8) is 0 Å². The van der Waals surface area contributed by atoms with Crippen LogP contribution in [0.5, 0.6) is 23.0 Å². The van der Waals surface area contributed by atoms with Gasteiger partial charge in [-0.15, -0.1) is 0 Å². The molecule has 1 atom stereocenters. The highest BCUT2D eigenvalue weighted by atomic mass is 16.5. The minimum Gasteiger partial charge on any atom is -0.504 e. The van der Waals surface area contributed by atoms with Crippen molar-refractivity contribution in [2.24, 2.45) is 0 Å². The van der Waals surface area contributed by atoms with Crippen molar-refractivity contribution in [3.05, 3.63) is 125 Å². The highest BCUT2D eigenvalue weighted by Crippen LogP contribution is 2.41. The SMILES string of the molecule is Cc1onc(-c2ccccc2)c1C(=O)N1CCc2cc3ccc2C1c1ccc(cc1)OCCCNC(=O)CCc1ccc(O)c(c1)O3. The quantitative estimate of drug-likeness (QED) is 0.222. The zero-order chi connectivity index (χ0) is 32.3.